The number of rotatable bonds is 13. The van der Waals surface area contributed by atoms with Gasteiger partial charge in [0.2, 0.25) is 21.8 Å². The highest BCUT2D eigenvalue weighted by atomic mass is 79.9. The summed E-state index contributed by atoms with van der Waals surface area (Å²) in [5.74, 6) is -0.875. The molecule has 1 atom stereocenters. The lowest BCUT2D eigenvalue weighted by Gasteiger charge is -2.33. The van der Waals surface area contributed by atoms with Crippen molar-refractivity contribution in [2.24, 2.45) is 0 Å². The molecule has 3 aromatic carbocycles. The molecule has 7 nitrogen and oxygen atoms in total. The second kappa shape index (κ2) is 15.0. The lowest BCUT2D eigenvalue weighted by Crippen LogP contribution is -2.53. The van der Waals surface area contributed by atoms with Crippen molar-refractivity contribution in [2.45, 2.75) is 45.7 Å². The number of amides is 2. The van der Waals surface area contributed by atoms with Gasteiger partial charge in [0.05, 0.1) is 11.9 Å². The fourth-order valence-corrected chi connectivity index (χ4v) is 5.85. The number of nitrogens with zero attached hydrogens (tertiary/aromatic N) is 2. The van der Waals surface area contributed by atoms with Crippen LogP contribution in [0.1, 0.15) is 36.5 Å². The summed E-state index contributed by atoms with van der Waals surface area (Å²) in [7, 11) is -3.86. The maximum Gasteiger partial charge on any atom is 0.244 e. The van der Waals surface area contributed by atoms with Gasteiger partial charge >= 0.3 is 0 Å². The number of nitrogens with one attached hydrogen (secondary N) is 1. The first kappa shape index (κ1) is 32.9. The first-order valence-electron chi connectivity index (χ1n) is 13.2. The minimum atomic E-state index is -3.86. The topological polar surface area (TPSA) is 86.8 Å². The molecule has 0 fully saturated rings. The van der Waals surface area contributed by atoms with Crippen LogP contribution in [-0.2, 0) is 32.6 Å². The largest absolute Gasteiger partial charge is 0.354 e. The maximum atomic E-state index is 14.1. The van der Waals surface area contributed by atoms with Crippen LogP contribution < -0.4 is 9.62 Å². The zero-order valence-electron chi connectivity index (χ0n) is 23.2. The molecule has 3 rings (SSSR count). The van der Waals surface area contributed by atoms with Crippen molar-refractivity contribution in [2.75, 3.05) is 23.7 Å². The summed E-state index contributed by atoms with van der Waals surface area (Å²) in [6, 6.07) is 18.4. The summed E-state index contributed by atoms with van der Waals surface area (Å²) in [6.07, 6.45) is 2.96. The van der Waals surface area contributed by atoms with Gasteiger partial charge in [0.25, 0.3) is 0 Å². The van der Waals surface area contributed by atoms with Crippen molar-refractivity contribution in [3.8, 4) is 0 Å². The summed E-state index contributed by atoms with van der Waals surface area (Å²) >= 11 is 16.0. The van der Waals surface area contributed by atoms with Gasteiger partial charge in [-0.05, 0) is 60.4 Å². The molecular formula is C30H34BrCl2N3O4S. The molecule has 0 heterocycles. The number of anilines is 1. The van der Waals surface area contributed by atoms with Crippen molar-refractivity contribution in [1.29, 1.82) is 0 Å². The van der Waals surface area contributed by atoms with Crippen molar-refractivity contribution in [1.82, 2.24) is 10.2 Å². The molecule has 0 aliphatic carbocycles. The second-order valence-corrected chi connectivity index (χ2v) is 13.4. The van der Waals surface area contributed by atoms with E-state index in [4.69, 9.17) is 23.2 Å². The normalized spacial score (nSPS) is 12.0. The molecule has 0 saturated carbocycles. The number of hydrogen-bond donors (Lipinski definition) is 1. The van der Waals surface area contributed by atoms with Crippen molar-refractivity contribution >= 4 is 66.7 Å². The van der Waals surface area contributed by atoms with Gasteiger partial charge in [-0.3, -0.25) is 13.9 Å². The van der Waals surface area contributed by atoms with E-state index in [2.05, 4.69) is 21.2 Å². The zero-order valence-corrected chi connectivity index (χ0v) is 27.2. The predicted octanol–water partition coefficient (Wildman–Crippen LogP) is 6.39. The number of carbonyl (C=O) groups excluding carboxylic acids is 2. The van der Waals surface area contributed by atoms with Crippen LogP contribution in [0.5, 0.6) is 0 Å². The number of benzene rings is 3. The van der Waals surface area contributed by atoms with E-state index < -0.39 is 28.5 Å². The van der Waals surface area contributed by atoms with Crippen LogP contribution in [0.2, 0.25) is 10.0 Å². The smallest absolute Gasteiger partial charge is 0.244 e. The van der Waals surface area contributed by atoms with Gasteiger partial charge in [-0.1, -0.05) is 88.9 Å². The third-order valence-electron chi connectivity index (χ3n) is 6.57. The van der Waals surface area contributed by atoms with Crippen LogP contribution in [0.4, 0.5) is 5.69 Å². The van der Waals surface area contributed by atoms with Gasteiger partial charge in [-0.2, -0.15) is 0 Å². The molecule has 0 unspecified atom stereocenters. The molecule has 2 amide bonds. The molecule has 0 spiro atoms. The Bertz CT molecular complexity index is 1470. The van der Waals surface area contributed by atoms with Crippen LogP contribution in [0, 0.1) is 6.92 Å². The molecule has 0 aliphatic rings. The van der Waals surface area contributed by atoms with E-state index in [-0.39, 0.29) is 18.9 Å². The molecular weight excluding hydrogens is 649 g/mol. The van der Waals surface area contributed by atoms with E-state index in [1.54, 1.807) is 36.4 Å². The summed E-state index contributed by atoms with van der Waals surface area (Å²) in [4.78, 5) is 29.2. The number of aryl methyl sites for hydroxylation is 1. The summed E-state index contributed by atoms with van der Waals surface area (Å²) in [5, 5.41) is 3.72. The maximum absolute atomic E-state index is 14.1. The third-order valence-corrected chi connectivity index (χ3v) is 9.18. The van der Waals surface area contributed by atoms with Crippen LogP contribution in [-0.4, -0.2) is 50.5 Å². The molecule has 220 valence electrons. The van der Waals surface area contributed by atoms with Gasteiger partial charge in [0.1, 0.15) is 12.6 Å². The molecule has 0 saturated heterocycles. The van der Waals surface area contributed by atoms with Crippen LogP contribution in [0.3, 0.4) is 0 Å². The Balaban J connectivity index is 2.07. The molecule has 41 heavy (non-hydrogen) atoms. The minimum absolute atomic E-state index is 0.0233. The average Bonchev–Trinajstić information content (AvgIpc) is 2.92. The van der Waals surface area contributed by atoms with E-state index in [1.165, 1.54) is 4.90 Å². The number of hydrogen-bond acceptors (Lipinski definition) is 4. The highest BCUT2D eigenvalue weighted by Gasteiger charge is 2.33. The fraction of sp³-hybridized carbons (Fsp3) is 0.333. The summed E-state index contributed by atoms with van der Waals surface area (Å²) < 4.78 is 27.7. The summed E-state index contributed by atoms with van der Waals surface area (Å²) in [5.41, 5.74) is 2.59. The fourth-order valence-electron chi connectivity index (χ4n) is 4.29. The number of carbonyl (C=O) groups is 2. The molecule has 11 heteroatoms. The minimum Gasteiger partial charge on any atom is -0.354 e. The molecule has 3 aromatic rings. The highest BCUT2D eigenvalue weighted by molar-refractivity contribution is 9.10. The Morgan fingerprint density at radius 1 is 1.02 bits per heavy atom. The van der Waals surface area contributed by atoms with Crippen LogP contribution in [0.15, 0.2) is 71.2 Å². The Morgan fingerprint density at radius 2 is 1.73 bits per heavy atom. The van der Waals surface area contributed by atoms with E-state index in [9.17, 15) is 18.0 Å². The van der Waals surface area contributed by atoms with Crippen molar-refractivity contribution < 1.29 is 18.0 Å². The van der Waals surface area contributed by atoms with Gasteiger partial charge < -0.3 is 10.2 Å². The standard InChI is InChI=1S/C30H34BrCl2N3O4S/c1-4-5-15-34-30(38)28(17-22-9-7-6-8-10-22)35(19-23-11-12-24(32)18-27(23)33)29(37)20-36(41(3,39)40)25-13-14-26(31)21(2)16-25/h6-14,16,18,28H,4-5,15,17,19-20H2,1-3H3,(H,34,38)/t28-/m0/s1. The molecule has 1 N–H and O–H groups in total. The molecule has 0 radical (unpaired) electrons. The van der Waals surface area contributed by atoms with Crippen LogP contribution >= 0.6 is 39.1 Å². The number of halogens is 3. The first-order chi connectivity index (χ1) is 19.4. The first-order valence-corrected chi connectivity index (χ1v) is 16.6. The SMILES string of the molecule is CCCCNC(=O)[C@H](Cc1ccccc1)N(Cc1ccc(Cl)cc1Cl)C(=O)CN(c1ccc(Br)c(C)c1)S(C)(=O)=O. The lowest BCUT2D eigenvalue weighted by atomic mass is 10.0. The number of unbranched alkanes of at least 4 members (excludes halogenated alkanes) is 1. The average molecular weight is 683 g/mol. The summed E-state index contributed by atoms with van der Waals surface area (Å²) in [6.45, 7) is 3.79. The second-order valence-electron chi connectivity index (χ2n) is 9.81. The zero-order chi connectivity index (χ0) is 30.2. The van der Waals surface area contributed by atoms with Crippen molar-refractivity contribution in [3.63, 3.8) is 0 Å². The van der Waals surface area contributed by atoms with E-state index in [0.717, 1.165) is 39.0 Å². The Labute approximate surface area is 261 Å². The number of sulfonamides is 1. The van der Waals surface area contributed by atoms with Crippen molar-refractivity contribution in [3.05, 3.63) is 97.9 Å². The third kappa shape index (κ3) is 9.46. The molecule has 0 aromatic heterocycles. The molecule has 0 aliphatic heterocycles. The quantitative estimate of drug-likeness (QED) is 0.212. The highest BCUT2D eigenvalue weighted by Crippen LogP contribution is 2.27. The van der Waals surface area contributed by atoms with Gasteiger partial charge in [-0.25, -0.2) is 8.42 Å². The van der Waals surface area contributed by atoms with E-state index >= 15 is 0 Å². The van der Waals surface area contributed by atoms with Crippen LogP contribution in [0.25, 0.3) is 0 Å². The predicted molar refractivity (Wildman–Crippen MR) is 170 cm³/mol. The van der Waals surface area contributed by atoms with Gasteiger partial charge in [-0.15, -0.1) is 0 Å². The monoisotopic (exact) mass is 681 g/mol. The Morgan fingerprint density at radius 3 is 2.34 bits per heavy atom. The lowest BCUT2D eigenvalue weighted by molar-refractivity contribution is -0.140. The van der Waals surface area contributed by atoms with E-state index in [0.29, 0.717) is 27.8 Å². The Hall–Kier alpha value is -2.59. The Kier molecular flexibility index (Phi) is 12.1. The van der Waals surface area contributed by atoms with Gasteiger partial charge in [0.15, 0.2) is 0 Å². The molecule has 0 bridgehead atoms. The van der Waals surface area contributed by atoms with Gasteiger partial charge in [0, 0.05) is 34.0 Å². The van der Waals surface area contributed by atoms with E-state index in [1.807, 2.05) is 44.2 Å².